The highest BCUT2D eigenvalue weighted by molar-refractivity contribution is 9.10. The first-order valence-electron chi connectivity index (χ1n) is 11.8. The van der Waals surface area contributed by atoms with Crippen molar-refractivity contribution in [3.63, 3.8) is 0 Å². The van der Waals surface area contributed by atoms with Gasteiger partial charge in [0.15, 0.2) is 5.11 Å². The van der Waals surface area contributed by atoms with Gasteiger partial charge in [0, 0.05) is 28.8 Å². The van der Waals surface area contributed by atoms with Crippen LogP contribution in [0.5, 0.6) is 5.75 Å². The lowest BCUT2D eigenvalue weighted by molar-refractivity contribution is 0.0761. The van der Waals surface area contributed by atoms with E-state index < -0.39 is 0 Å². The number of carbonyl (C=O) groups excluding carboxylic acids is 2. The molecule has 1 fully saturated rings. The van der Waals surface area contributed by atoms with Gasteiger partial charge in [-0.1, -0.05) is 48.7 Å². The quantitative estimate of drug-likeness (QED) is 0.416. The maximum absolute atomic E-state index is 12.9. The average Bonchev–Trinajstić information content (AvgIpc) is 3.09. The number of nitrogens with one attached hydrogen (secondary N) is 2. The number of benzene rings is 2. The minimum Gasteiger partial charge on any atom is -0.493 e. The van der Waals surface area contributed by atoms with Crippen molar-refractivity contribution in [2.45, 2.75) is 46.0 Å². The molecule has 0 unspecified atom stereocenters. The first-order valence-corrected chi connectivity index (χ1v) is 13.0. The van der Waals surface area contributed by atoms with Gasteiger partial charge in [0.2, 0.25) is 0 Å². The third-order valence-corrected chi connectivity index (χ3v) is 6.32. The van der Waals surface area contributed by atoms with E-state index in [0.717, 1.165) is 36.8 Å². The van der Waals surface area contributed by atoms with E-state index >= 15 is 0 Å². The summed E-state index contributed by atoms with van der Waals surface area (Å²) in [6, 6.07) is 12.5. The molecule has 1 heterocycles. The largest absolute Gasteiger partial charge is 0.493 e. The predicted molar refractivity (Wildman–Crippen MR) is 144 cm³/mol. The van der Waals surface area contributed by atoms with Crippen molar-refractivity contribution in [1.82, 2.24) is 10.2 Å². The lowest BCUT2D eigenvalue weighted by Crippen LogP contribution is -2.34. The maximum Gasteiger partial charge on any atom is 0.261 e. The van der Waals surface area contributed by atoms with Gasteiger partial charge in [0.1, 0.15) is 5.75 Å². The number of likely N-dealkylation sites (tertiary alicyclic amines) is 1. The molecule has 0 radical (unpaired) electrons. The van der Waals surface area contributed by atoms with Gasteiger partial charge in [0.05, 0.1) is 12.2 Å². The molecule has 3 rings (SSSR count). The van der Waals surface area contributed by atoms with E-state index in [2.05, 4.69) is 40.4 Å². The Kier molecular flexibility index (Phi) is 9.89. The van der Waals surface area contributed by atoms with Crippen LogP contribution in [0.15, 0.2) is 46.9 Å². The van der Waals surface area contributed by atoms with Crippen LogP contribution in [0, 0.1) is 5.92 Å². The zero-order chi connectivity index (χ0) is 24.5. The van der Waals surface area contributed by atoms with E-state index in [9.17, 15) is 9.59 Å². The van der Waals surface area contributed by atoms with Gasteiger partial charge in [-0.2, -0.15) is 0 Å². The summed E-state index contributed by atoms with van der Waals surface area (Å²) in [4.78, 5) is 27.8. The van der Waals surface area contributed by atoms with Crippen LogP contribution in [-0.4, -0.2) is 41.5 Å². The Balaban J connectivity index is 1.63. The van der Waals surface area contributed by atoms with Crippen LogP contribution in [0.3, 0.4) is 0 Å². The summed E-state index contributed by atoms with van der Waals surface area (Å²) < 4.78 is 6.62. The normalized spacial score (nSPS) is 13.8. The molecule has 8 heteroatoms. The fourth-order valence-corrected chi connectivity index (χ4v) is 4.30. The van der Waals surface area contributed by atoms with Crippen LogP contribution in [0.2, 0.25) is 0 Å². The molecule has 0 aliphatic carbocycles. The van der Waals surface area contributed by atoms with Crippen molar-refractivity contribution >= 4 is 50.8 Å². The fraction of sp³-hybridized carbons (Fsp3) is 0.423. The number of nitrogens with zero attached hydrogens (tertiary/aromatic N) is 1. The van der Waals surface area contributed by atoms with Crippen LogP contribution < -0.4 is 15.4 Å². The number of hydrogen-bond donors (Lipinski definition) is 2. The van der Waals surface area contributed by atoms with E-state index in [1.54, 1.807) is 18.2 Å². The molecule has 0 atom stereocenters. The Hall–Kier alpha value is -2.45. The van der Waals surface area contributed by atoms with E-state index in [-0.39, 0.29) is 16.9 Å². The lowest BCUT2D eigenvalue weighted by atomic mass is 10.1. The first kappa shape index (κ1) is 26.2. The fourth-order valence-electron chi connectivity index (χ4n) is 3.73. The molecule has 0 bridgehead atoms. The Morgan fingerprint density at radius 2 is 1.82 bits per heavy atom. The maximum atomic E-state index is 12.9. The summed E-state index contributed by atoms with van der Waals surface area (Å²) in [6.45, 7) is 6.36. The molecule has 6 nitrogen and oxygen atoms in total. The molecule has 0 spiro atoms. The molecule has 0 aromatic heterocycles. The van der Waals surface area contributed by atoms with Crippen molar-refractivity contribution in [1.29, 1.82) is 0 Å². The van der Waals surface area contributed by atoms with Crippen LogP contribution in [0.4, 0.5) is 5.69 Å². The highest BCUT2D eigenvalue weighted by atomic mass is 79.9. The molecule has 2 N–H and O–H groups in total. The Labute approximate surface area is 215 Å². The number of anilines is 1. The molecule has 2 aromatic carbocycles. The molecule has 1 saturated heterocycles. The van der Waals surface area contributed by atoms with E-state index in [4.69, 9.17) is 17.0 Å². The summed E-state index contributed by atoms with van der Waals surface area (Å²) in [5.74, 6) is 0.675. The number of thiocarbonyl (C=S) groups is 1. The molecular formula is C26H32BrN3O3S. The predicted octanol–water partition coefficient (Wildman–Crippen LogP) is 6.02. The Morgan fingerprint density at radius 1 is 1.09 bits per heavy atom. The van der Waals surface area contributed by atoms with E-state index in [1.165, 1.54) is 12.8 Å². The number of amides is 2. The SMILES string of the molecule is CC(C)CCOc1ccc(Br)cc1C(=O)NC(=S)Nc1cccc(C(=O)N2CCCCCC2)c1. The van der Waals surface area contributed by atoms with Crippen molar-refractivity contribution < 1.29 is 14.3 Å². The molecule has 0 saturated carbocycles. The van der Waals surface area contributed by atoms with Gasteiger partial charge in [-0.25, -0.2) is 0 Å². The average molecular weight is 547 g/mol. The van der Waals surface area contributed by atoms with Crippen LogP contribution >= 0.6 is 28.1 Å². The minimum atomic E-state index is -0.366. The van der Waals surface area contributed by atoms with Crippen LogP contribution in [-0.2, 0) is 0 Å². The van der Waals surface area contributed by atoms with Gasteiger partial charge < -0.3 is 15.0 Å². The zero-order valence-corrected chi connectivity index (χ0v) is 22.1. The summed E-state index contributed by atoms with van der Waals surface area (Å²) in [7, 11) is 0. The zero-order valence-electron chi connectivity index (χ0n) is 19.7. The molecule has 34 heavy (non-hydrogen) atoms. The van der Waals surface area contributed by atoms with Crippen LogP contribution in [0.1, 0.15) is 66.7 Å². The number of carbonyl (C=O) groups is 2. The number of hydrogen-bond acceptors (Lipinski definition) is 4. The summed E-state index contributed by atoms with van der Waals surface area (Å²) in [5.41, 5.74) is 1.65. The van der Waals surface area contributed by atoms with E-state index in [0.29, 0.717) is 35.1 Å². The topological polar surface area (TPSA) is 70.7 Å². The van der Waals surface area contributed by atoms with Gasteiger partial charge in [-0.3, -0.25) is 14.9 Å². The molecular weight excluding hydrogens is 514 g/mol. The lowest BCUT2D eigenvalue weighted by Gasteiger charge is -2.20. The number of halogens is 1. The standard InChI is InChI=1S/C26H32BrN3O3S/c1-18(2)12-15-33-23-11-10-20(27)17-22(23)24(31)29-26(34)28-21-9-7-8-19(16-21)25(32)30-13-5-3-4-6-14-30/h7-11,16-18H,3-6,12-15H2,1-2H3,(H2,28,29,31,34). The molecule has 2 amide bonds. The first-order chi connectivity index (χ1) is 16.3. The smallest absolute Gasteiger partial charge is 0.261 e. The second-order valence-electron chi connectivity index (χ2n) is 8.87. The third-order valence-electron chi connectivity index (χ3n) is 5.63. The molecule has 1 aliphatic rings. The number of ether oxygens (including phenoxy) is 1. The van der Waals surface area contributed by atoms with E-state index in [1.807, 2.05) is 29.2 Å². The Morgan fingerprint density at radius 3 is 2.53 bits per heavy atom. The monoisotopic (exact) mass is 545 g/mol. The summed E-state index contributed by atoms with van der Waals surface area (Å²) in [5, 5.41) is 5.89. The number of rotatable bonds is 7. The van der Waals surface area contributed by atoms with Gasteiger partial charge in [-0.05, 0) is 73.8 Å². The summed E-state index contributed by atoms with van der Waals surface area (Å²) >= 11 is 8.79. The van der Waals surface area contributed by atoms with Crippen molar-refractivity contribution in [3.05, 3.63) is 58.1 Å². The highest BCUT2D eigenvalue weighted by Crippen LogP contribution is 2.24. The van der Waals surface area contributed by atoms with Gasteiger partial charge in [0.25, 0.3) is 11.8 Å². The van der Waals surface area contributed by atoms with Crippen molar-refractivity contribution in [2.75, 3.05) is 25.0 Å². The minimum absolute atomic E-state index is 0.0258. The summed E-state index contributed by atoms with van der Waals surface area (Å²) in [6.07, 6.45) is 5.31. The van der Waals surface area contributed by atoms with Crippen molar-refractivity contribution in [2.24, 2.45) is 5.92 Å². The van der Waals surface area contributed by atoms with Gasteiger partial charge in [-0.15, -0.1) is 0 Å². The second-order valence-corrected chi connectivity index (χ2v) is 10.2. The molecule has 2 aromatic rings. The third kappa shape index (κ3) is 7.81. The van der Waals surface area contributed by atoms with Gasteiger partial charge >= 0.3 is 0 Å². The Bertz CT molecular complexity index is 1020. The van der Waals surface area contributed by atoms with Crippen molar-refractivity contribution in [3.8, 4) is 5.75 Å². The molecule has 1 aliphatic heterocycles. The highest BCUT2D eigenvalue weighted by Gasteiger charge is 2.18. The second kappa shape index (κ2) is 12.9. The van der Waals surface area contributed by atoms with Crippen LogP contribution in [0.25, 0.3) is 0 Å². The molecule has 182 valence electrons.